The molecule has 0 aliphatic heterocycles. The molecule has 6 nitrogen and oxygen atoms in total. The van der Waals surface area contributed by atoms with Gasteiger partial charge in [-0.1, -0.05) is 0 Å². The molecular formula is C12H6FN5O. The molecule has 0 N–H and O–H groups in total. The minimum atomic E-state index is -0.500. The molecule has 0 unspecified atom stereocenters. The van der Waals surface area contributed by atoms with E-state index in [4.69, 9.17) is 10.00 Å². The molecule has 3 aromatic heterocycles. The van der Waals surface area contributed by atoms with Gasteiger partial charge in [0.15, 0.2) is 5.65 Å². The van der Waals surface area contributed by atoms with Crippen molar-refractivity contribution in [3.63, 3.8) is 0 Å². The summed E-state index contributed by atoms with van der Waals surface area (Å²) in [5.41, 5.74) is 0.756. The highest BCUT2D eigenvalue weighted by Crippen LogP contribution is 2.23. The molecule has 3 aromatic rings. The number of hydrogen-bond acceptors (Lipinski definition) is 5. The van der Waals surface area contributed by atoms with E-state index in [2.05, 4.69) is 15.1 Å². The summed E-state index contributed by atoms with van der Waals surface area (Å²) in [5, 5.41) is 13.0. The molecule has 0 saturated carbocycles. The number of hydrogen-bond donors (Lipinski definition) is 0. The molecule has 7 heteroatoms. The van der Waals surface area contributed by atoms with Gasteiger partial charge < -0.3 is 4.74 Å². The van der Waals surface area contributed by atoms with Gasteiger partial charge in [0.1, 0.15) is 35.3 Å². The van der Waals surface area contributed by atoms with Crippen LogP contribution in [0.15, 0.2) is 37.1 Å². The van der Waals surface area contributed by atoms with E-state index in [1.807, 2.05) is 6.07 Å². The highest BCUT2D eigenvalue weighted by atomic mass is 19.1. The Kier molecular flexibility index (Phi) is 2.54. The molecule has 92 valence electrons. The van der Waals surface area contributed by atoms with Gasteiger partial charge in [-0.05, 0) is 0 Å². The first-order valence-corrected chi connectivity index (χ1v) is 5.28. The summed E-state index contributed by atoms with van der Waals surface area (Å²) < 4.78 is 19.9. The first-order valence-electron chi connectivity index (χ1n) is 5.28. The Hall–Kier alpha value is -3.01. The molecule has 3 rings (SSSR count). The first kappa shape index (κ1) is 11.1. The summed E-state index contributed by atoms with van der Waals surface area (Å²) in [6.45, 7) is 0. The van der Waals surface area contributed by atoms with Crippen LogP contribution in [0.5, 0.6) is 11.5 Å². The summed E-state index contributed by atoms with van der Waals surface area (Å²) >= 11 is 0. The lowest BCUT2D eigenvalue weighted by Gasteiger charge is -2.06. The van der Waals surface area contributed by atoms with Crippen molar-refractivity contribution in [3.05, 3.63) is 48.4 Å². The molecule has 3 heterocycles. The summed E-state index contributed by atoms with van der Waals surface area (Å²) in [5.74, 6) is 0.0881. The van der Waals surface area contributed by atoms with Gasteiger partial charge in [-0.3, -0.25) is 4.98 Å². The second kappa shape index (κ2) is 4.34. The van der Waals surface area contributed by atoms with Crippen molar-refractivity contribution in [2.24, 2.45) is 0 Å². The molecule has 0 aliphatic rings. The first-order chi connectivity index (χ1) is 9.26. The third kappa shape index (κ3) is 2.07. The quantitative estimate of drug-likeness (QED) is 0.699. The molecule has 0 aliphatic carbocycles. The monoisotopic (exact) mass is 255 g/mol. The molecule has 0 spiro atoms. The van der Waals surface area contributed by atoms with Crippen molar-refractivity contribution in [1.29, 1.82) is 5.26 Å². The SMILES string of the molecule is N#Cc1cc(Oc2cncc(F)c2)cn2ncnc12. The highest BCUT2D eigenvalue weighted by Gasteiger charge is 2.08. The Balaban J connectivity index is 2.04. The van der Waals surface area contributed by atoms with E-state index in [-0.39, 0.29) is 5.75 Å². The van der Waals surface area contributed by atoms with Crippen LogP contribution in [-0.4, -0.2) is 19.6 Å². The second-order valence-corrected chi connectivity index (χ2v) is 3.67. The predicted octanol–water partition coefficient (Wildman–Crippen LogP) is 1.93. The number of ether oxygens (including phenoxy) is 1. The maximum Gasteiger partial charge on any atom is 0.173 e. The van der Waals surface area contributed by atoms with Crippen LogP contribution in [0.4, 0.5) is 4.39 Å². The van der Waals surface area contributed by atoms with Gasteiger partial charge >= 0.3 is 0 Å². The van der Waals surface area contributed by atoms with Gasteiger partial charge in [0.25, 0.3) is 0 Å². The average Bonchev–Trinajstić information content (AvgIpc) is 2.86. The number of nitrogens with zero attached hydrogens (tertiary/aromatic N) is 5. The number of pyridine rings is 2. The largest absolute Gasteiger partial charge is 0.454 e. The van der Waals surface area contributed by atoms with Crippen LogP contribution in [0.2, 0.25) is 0 Å². The molecular weight excluding hydrogens is 249 g/mol. The van der Waals surface area contributed by atoms with Gasteiger partial charge in [0.05, 0.1) is 18.6 Å². The Morgan fingerprint density at radius 2 is 2.16 bits per heavy atom. The Labute approximate surface area is 106 Å². The third-order valence-electron chi connectivity index (χ3n) is 2.39. The zero-order valence-electron chi connectivity index (χ0n) is 9.49. The van der Waals surface area contributed by atoms with E-state index in [0.717, 1.165) is 6.20 Å². The maximum absolute atomic E-state index is 13.0. The molecule has 0 aromatic carbocycles. The zero-order valence-corrected chi connectivity index (χ0v) is 9.49. The molecule has 0 fully saturated rings. The zero-order chi connectivity index (χ0) is 13.2. The second-order valence-electron chi connectivity index (χ2n) is 3.67. The fourth-order valence-electron chi connectivity index (χ4n) is 1.62. The molecule has 19 heavy (non-hydrogen) atoms. The standard InChI is InChI=1S/C12H6FN5O/c13-9-2-10(5-15-4-9)19-11-1-8(3-14)12-16-7-17-18(12)6-11/h1-2,4-7H. The lowest BCUT2D eigenvalue weighted by atomic mass is 10.3. The lowest BCUT2D eigenvalue weighted by molar-refractivity contribution is 0.469. The van der Waals surface area contributed by atoms with Crippen molar-refractivity contribution >= 4 is 5.65 Å². The van der Waals surface area contributed by atoms with Crippen LogP contribution in [0.25, 0.3) is 5.65 Å². The van der Waals surface area contributed by atoms with Crippen molar-refractivity contribution < 1.29 is 9.13 Å². The molecule has 0 atom stereocenters. The smallest absolute Gasteiger partial charge is 0.173 e. The maximum atomic E-state index is 13.0. The van der Waals surface area contributed by atoms with E-state index in [1.165, 1.54) is 29.2 Å². The van der Waals surface area contributed by atoms with E-state index >= 15 is 0 Å². The lowest BCUT2D eigenvalue weighted by Crippen LogP contribution is -1.94. The third-order valence-corrected chi connectivity index (χ3v) is 2.39. The van der Waals surface area contributed by atoms with Gasteiger partial charge in [-0.15, -0.1) is 0 Å². The molecule has 0 bridgehead atoms. The Morgan fingerprint density at radius 1 is 1.26 bits per heavy atom. The van der Waals surface area contributed by atoms with Gasteiger partial charge in [0, 0.05) is 12.1 Å². The average molecular weight is 255 g/mol. The van der Waals surface area contributed by atoms with Crippen LogP contribution >= 0.6 is 0 Å². The minimum Gasteiger partial charge on any atom is -0.454 e. The highest BCUT2D eigenvalue weighted by molar-refractivity contribution is 5.56. The topological polar surface area (TPSA) is 76.1 Å². The summed E-state index contributed by atoms with van der Waals surface area (Å²) in [6, 6.07) is 4.71. The van der Waals surface area contributed by atoms with Gasteiger partial charge in [-0.2, -0.15) is 10.4 Å². The van der Waals surface area contributed by atoms with E-state index in [0.29, 0.717) is 17.0 Å². The molecule has 0 radical (unpaired) electrons. The van der Waals surface area contributed by atoms with E-state index in [1.54, 1.807) is 6.20 Å². The van der Waals surface area contributed by atoms with Crippen LogP contribution in [0.3, 0.4) is 0 Å². The fraction of sp³-hybridized carbons (Fsp3) is 0. The van der Waals surface area contributed by atoms with Gasteiger partial charge in [-0.25, -0.2) is 13.9 Å². The van der Waals surface area contributed by atoms with Crippen LogP contribution in [0.1, 0.15) is 5.56 Å². The van der Waals surface area contributed by atoms with Crippen molar-refractivity contribution in [2.45, 2.75) is 0 Å². The summed E-state index contributed by atoms with van der Waals surface area (Å²) in [7, 11) is 0. The minimum absolute atomic E-state index is 0.239. The van der Waals surface area contributed by atoms with Gasteiger partial charge in [0.2, 0.25) is 0 Å². The molecule has 0 saturated heterocycles. The van der Waals surface area contributed by atoms with E-state index in [9.17, 15) is 4.39 Å². The number of aromatic nitrogens is 4. The fourth-order valence-corrected chi connectivity index (χ4v) is 1.62. The molecule has 0 amide bonds. The van der Waals surface area contributed by atoms with Crippen molar-refractivity contribution in [1.82, 2.24) is 19.6 Å². The van der Waals surface area contributed by atoms with Crippen molar-refractivity contribution in [3.8, 4) is 17.6 Å². The Morgan fingerprint density at radius 3 is 2.95 bits per heavy atom. The summed E-state index contributed by atoms with van der Waals surface area (Å²) in [4.78, 5) is 7.63. The predicted molar refractivity (Wildman–Crippen MR) is 62.0 cm³/mol. The van der Waals surface area contributed by atoms with Crippen LogP contribution in [0, 0.1) is 17.1 Å². The van der Waals surface area contributed by atoms with Crippen LogP contribution in [-0.2, 0) is 0 Å². The van der Waals surface area contributed by atoms with E-state index < -0.39 is 5.82 Å². The number of nitriles is 1. The Bertz CT molecular complexity index is 792. The van der Waals surface area contributed by atoms with Crippen LogP contribution < -0.4 is 4.74 Å². The number of rotatable bonds is 2. The number of halogens is 1. The number of fused-ring (bicyclic) bond motifs is 1. The normalized spacial score (nSPS) is 10.3. The summed E-state index contributed by atoms with van der Waals surface area (Å²) in [6.07, 6.45) is 5.34. The van der Waals surface area contributed by atoms with Crippen molar-refractivity contribution in [2.75, 3.05) is 0 Å².